The lowest BCUT2D eigenvalue weighted by Gasteiger charge is -2.24. The molecule has 2 rings (SSSR count). The highest BCUT2D eigenvalue weighted by atomic mass is 16.6. The van der Waals surface area contributed by atoms with Crippen LogP contribution < -0.4 is 5.32 Å². The summed E-state index contributed by atoms with van der Waals surface area (Å²) < 4.78 is 5.26. The first kappa shape index (κ1) is 17.3. The number of rotatable bonds is 4. The molecule has 0 unspecified atom stereocenters. The third-order valence-corrected chi connectivity index (χ3v) is 4.10. The van der Waals surface area contributed by atoms with Crippen molar-refractivity contribution in [2.45, 2.75) is 46.6 Å². The Morgan fingerprint density at radius 3 is 2.70 bits per heavy atom. The van der Waals surface area contributed by atoms with Gasteiger partial charge in [0.2, 0.25) is 5.91 Å². The Hall–Kier alpha value is -2.04. The summed E-state index contributed by atoms with van der Waals surface area (Å²) in [6, 6.07) is 5.37. The van der Waals surface area contributed by atoms with E-state index in [1.165, 1.54) is 5.56 Å². The van der Waals surface area contributed by atoms with Crippen molar-refractivity contribution in [1.29, 1.82) is 0 Å². The van der Waals surface area contributed by atoms with E-state index in [0.29, 0.717) is 19.6 Å². The van der Waals surface area contributed by atoms with Crippen molar-refractivity contribution in [3.63, 3.8) is 0 Å². The third-order valence-electron chi connectivity index (χ3n) is 4.10. The summed E-state index contributed by atoms with van der Waals surface area (Å²) in [6.07, 6.45) is 1.10. The molecule has 0 spiro atoms. The molecule has 0 aliphatic carbocycles. The van der Waals surface area contributed by atoms with Crippen LogP contribution in [0, 0.1) is 19.8 Å². The maximum Gasteiger partial charge on any atom is 0.410 e. The molecule has 0 radical (unpaired) electrons. The van der Waals surface area contributed by atoms with Gasteiger partial charge in [-0.25, -0.2) is 4.79 Å². The second kappa shape index (κ2) is 7.49. The van der Waals surface area contributed by atoms with Gasteiger partial charge < -0.3 is 10.1 Å². The quantitative estimate of drug-likeness (QED) is 0.924. The molecule has 1 atom stereocenters. The van der Waals surface area contributed by atoms with E-state index >= 15 is 0 Å². The molecule has 0 saturated carbocycles. The summed E-state index contributed by atoms with van der Waals surface area (Å²) in [5.74, 6) is 0.136. The van der Waals surface area contributed by atoms with Crippen molar-refractivity contribution >= 4 is 17.7 Å². The molecular weight excluding hydrogens is 292 g/mol. The molecule has 1 aromatic rings. The summed E-state index contributed by atoms with van der Waals surface area (Å²) in [5.41, 5.74) is 3.07. The number of benzene rings is 1. The number of likely N-dealkylation sites (tertiary alicyclic amines) is 1. The van der Waals surface area contributed by atoms with Gasteiger partial charge in [0, 0.05) is 12.2 Å². The van der Waals surface area contributed by atoms with E-state index in [9.17, 15) is 9.59 Å². The summed E-state index contributed by atoms with van der Waals surface area (Å²) in [4.78, 5) is 26.2. The second-order valence-corrected chi connectivity index (χ2v) is 6.61. The highest BCUT2D eigenvalue weighted by Gasteiger charge is 2.35. The SMILES string of the molecule is Cc1ccc(NC(=O)[C@@H]2CCCN2C(=O)OCC(C)C)cc1C. The van der Waals surface area contributed by atoms with Crippen LogP contribution in [-0.4, -0.2) is 36.1 Å². The molecule has 2 amide bonds. The third kappa shape index (κ3) is 4.47. The fourth-order valence-electron chi connectivity index (χ4n) is 2.62. The van der Waals surface area contributed by atoms with Crippen LogP contribution in [0.25, 0.3) is 0 Å². The molecule has 23 heavy (non-hydrogen) atoms. The van der Waals surface area contributed by atoms with Gasteiger partial charge in [-0.3, -0.25) is 9.69 Å². The first-order valence-electron chi connectivity index (χ1n) is 8.20. The number of aryl methyl sites for hydroxylation is 2. The van der Waals surface area contributed by atoms with Gasteiger partial charge in [-0.15, -0.1) is 0 Å². The number of nitrogens with one attached hydrogen (secondary N) is 1. The minimum atomic E-state index is -0.448. The first-order chi connectivity index (χ1) is 10.9. The lowest BCUT2D eigenvalue weighted by atomic mass is 10.1. The molecule has 5 heteroatoms. The number of nitrogens with zero attached hydrogens (tertiary/aromatic N) is 1. The van der Waals surface area contributed by atoms with Crippen molar-refractivity contribution in [1.82, 2.24) is 4.90 Å². The summed E-state index contributed by atoms with van der Waals surface area (Å²) >= 11 is 0. The van der Waals surface area contributed by atoms with E-state index in [1.54, 1.807) is 4.90 Å². The Bertz CT molecular complexity index is 584. The molecule has 0 aromatic heterocycles. The fourth-order valence-corrected chi connectivity index (χ4v) is 2.62. The molecule has 1 fully saturated rings. The molecule has 5 nitrogen and oxygen atoms in total. The lowest BCUT2D eigenvalue weighted by Crippen LogP contribution is -2.43. The van der Waals surface area contributed by atoms with Gasteiger partial charge in [0.15, 0.2) is 0 Å². The Morgan fingerprint density at radius 2 is 2.04 bits per heavy atom. The number of ether oxygens (including phenoxy) is 1. The van der Waals surface area contributed by atoms with E-state index in [1.807, 2.05) is 45.9 Å². The molecule has 1 saturated heterocycles. The smallest absolute Gasteiger partial charge is 0.410 e. The number of hydrogen-bond donors (Lipinski definition) is 1. The van der Waals surface area contributed by atoms with E-state index in [4.69, 9.17) is 4.74 Å². The van der Waals surface area contributed by atoms with Crippen molar-refractivity contribution in [3.8, 4) is 0 Å². The average molecular weight is 318 g/mol. The highest BCUT2D eigenvalue weighted by molar-refractivity contribution is 5.96. The van der Waals surface area contributed by atoms with Gasteiger partial charge in [-0.1, -0.05) is 19.9 Å². The van der Waals surface area contributed by atoms with Crippen LogP contribution in [0.4, 0.5) is 10.5 Å². The van der Waals surface area contributed by atoms with E-state index in [-0.39, 0.29) is 11.8 Å². The second-order valence-electron chi connectivity index (χ2n) is 6.61. The fraction of sp³-hybridized carbons (Fsp3) is 0.556. The molecule has 0 bridgehead atoms. The first-order valence-corrected chi connectivity index (χ1v) is 8.20. The van der Waals surface area contributed by atoms with Gasteiger partial charge in [0.1, 0.15) is 6.04 Å². The van der Waals surface area contributed by atoms with Crippen molar-refractivity contribution < 1.29 is 14.3 Å². The Kier molecular flexibility index (Phi) is 5.64. The Balaban J connectivity index is 1.99. The van der Waals surface area contributed by atoms with Crippen LogP contribution in [0.1, 0.15) is 37.8 Å². The van der Waals surface area contributed by atoms with Crippen molar-refractivity contribution in [2.24, 2.45) is 5.92 Å². The molecule has 1 N–H and O–H groups in total. The topological polar surface area (TPSA) is 58.6 Å². The van der Waals surface area contributed by atoms with Gasteiger partial charge >= 0.3 is 6.09 Å². The van der Waals surface area contributed by atoms with Gasteiger partial charge in [-0.2, -0.15) is 0 Å². The molecule has 1 aromatic carbocycles. The van der Waals surface area contributed by atoms with Crippen LogP contribution in [0.5, 0.6) is 0 Å². The number of anilines is 1. The molecule has 126 valence electrons. The average Bonchev–Trinajstić information content (AvgIpc) is 2.98. The maximum absolute atomic E-state index is 12.5. The normalized spacial score (nSPS) is 17.4. The number of carbonyl (C=O) groups is 2. The largest absolute Gasteiger partial charge is 0.449 e. The number of carbonyl (C=O) groups excluding carboxylic acids is 2. The van der Waals surface area contributed by atoms with E-state index < -0.39 is 12.1 Å². The Labute approximate surface area is 138 Å². The van der Waals surface area contributed by atoms with Crippen molar-refractivity contribution in [3.05, 3.63) is 29.3 Å². The van der Waals surface area contributed by atoms with Crippen LogP contribution in [0.3, 0.4) is 0 Å². The summed E-state index contributed by atoms with van der Waals surface area (Å²) in [6.45, 7) is 8.96. The summed E-state index contributed by atoms with van der Waals surface area (Å²) in [5, 5.41) is 2.91. The summed E-state index contributed by atoms with van der Waals surface area (Å²) in [7, 11) is 0. The van der Waals surface area contributed by atoms with Gasteiger partial charge in [0.05, 0.1) is 6.61 Å². The molecule has 1 aliphatic rings. The van der Waals surface area contributed by atoms with Gasteiger partial charge in [0.25, 0.3) is 0 Å². The van der Waals surface area contributed by atoms with Crippen LogP contribution in [-0.2, 0) is 9.53 Å². The lowest BCUT2D eigenvalue weighted by molar-refractivity contribution is -0.120. The van der Waals surface area contributed by atoms with Gasteiger partial charge in [-0.05, 0) is 55.9 Å². The van der Waals surface area contributed by atoms with Crippen LogP contribution >= 0.6 is 0 Å². The van der Waals surface area contributed by atoms with Crippen molar-refractivity contribution in [2.75, 3.05) is 18.5 Å². The zero-order valence-corrected chi connectivity index (χ0v) is 14.4. The highest BCUT2D eigenvalue weighted by Crippen LogP contribution is 2.21. The molecule has 1 aliphatic heterocycles. The minimum Gasteiger partial charge on any atom is -0.449 e. The molecular formula is C18H26N2O3. The van der Waals surface area contributed by atoms with E-state index in [0.717, 1.165) is 17.7 Å². The zero-order valence-electron chi connectivity index (χ0n) is 14.4. The van der Waals surface area contributed by atoms with Crippen LogP contribution in [0.15, 0.2) is 18.2 Å². The Morgan fingerprint density at radius 1 is 1.30 bits per heavy atom. The predicted molar refractivity (Wildman–Crippen MR) is 90.5 cm³/mol. The minimum absolute atomic E-state index is 0.146. The zero-order chi connectivity index (χ0) is 17.0. The monoisotopic (exact) mass is 318 g/mol. The molecule has 1 heterocycles. The van der Waals surface area contributed by atoms with E-state index in [2.05, 4.69) is 5.32 Å². The maximum atomic E-state index is 12.5. The van der Waals surface area contributed by atoms with Crippen LogP contribution in [0.2, 0.25) is 0 Å². The number of hydrogen-bond acceptors (Lipinski definition) is 3. The standard InChI is InChI=1S/C18H26N2O3/c1-12(2)11-23-18(22)20-9-5-6-16(20)17(21)19-15-8-7-13(3)14(4)10-15/h7-8,10,12,16H,5-6,9,11H2,1-4H3,(H,19,21)/t16-/m0/s1. The number of amides is 2. The predicted octanol–water partition coefficient (Wildman–Crippen LogP) is 3.50.